The predicted octanol–water partition coefficient (Wildman–Crippen LogP) is -0.847. The van der Waals surface area contributed by atoms with Gasteiger partial charge in [0.2, 0.25) is 0 Å². The molecule has 0 aromatic rings. The molecule has 0 aromatic carbocycles. The maximum Gasteiger partial charge on any atom is 0.323 e. The fourth-order valence-electron chi connectivity index (χ4n) is 1.42. The van der Waals surface area contributed by atoms with E-state index in [0.717, 1.165) is 0 Å². The van der Waals surface area contributed by atoms with Crippen molar-refractivity contribution in [2.45, 2.75) is 19.1 Å². The number of aliphatic carboxylic acids is 1. The van der Waals surface area contributed by atoms with E-state index in [1.54, 1.807) is 11.8 Å². The fraction of sp³-hybridized carbons (Fsp3) is 0.875. The molecular weight excluding hydrogens is 174 g/mol. The van der Waals surface area contributed by atoms with Gasteiger partial charge >= 0.3 is 5.97 Å². The number of aliphatic hydroxyl groups is 1. The van der Waals surface area contributed by atoms with Crippen molar-refractivity contribution in [3.8, 4) is 0 Å². The van der Waals surface area contributed by atoms with Crippen molar-refractivity contribution in [2.24, 2.45) is 0 Å². The lowest BCUT2D eigenvalue weighted by Crippen LogP contribution is -2.51. The zero-order valence-corrected chi connectivity index (χ0v) is 7.64. The van der Waals surface area contributed by atoms with Crippen molar-refractivity contribution < 1.29 is 19.7 Å². The molecular formula is C8H15NO4. The van der Waals surface area contributed by atoms with Crippen LogP contribution in [0, 0.1) is 0 Å². The highest BCUT2D eigenvalue weighted by atomic mass is 16.5. The Morgan fingerprint density at radius 2 is 2.46 bits per heavy atom. The molecule has 0 bridgehead atoms. The molecule has 1 fully saturated rings. The number of aliphatic hydroxyl groups excluding tert-OH is 1. The van der Waals surface area contributed by atoms with Crippen molar-refractivity contribution in [3.63, 3.8) is 0 Å². The van der Waals surface area contributed by atoms with E-state index in [0.29, 0.717) is 19.7 Å². The maximum atomic E-state index is 10.7. The maximum absolute atomic E-state index is 10.7. The smallest absolute Gasteiger partial charge is 0.323 e. The Bertz CT molecular complexity index is 183. The fourth-order valence-corrected chi connectivity index (χ4v) is 1.42. The number of hydrogen-bond acceptors (Lipinski definition) is 4. The molecule has 1 heterocycles. The van der Waals surface area contributed by atoms with Gasteiger partial charge in [0, 0.05) is 13.1 Å². The Hall–Kier alpha value is -0.650. The van der Waals surface area contributed by atoms with Gasteiger partial charge in [0.15, 0.2) is 0 Å². The van der Waals surface area contributed by atoms with Crippen LogP contribution in [0.3, 0.4) is 0 Å². The molecule has 0 saturated carbocycles. The Morgan fingerprint density at radius 1 is 1.77 bits per heavy atom. The molecule has 13 heavy (non-hydrogen) atoms. The average Bonchev–Trinajstić information content (AvgIpc) is 2.03. The normalized spacial score (nSPS) is 27.1. The summed E-state index contributed by atoms with van der Waals surface area (Å²) in [6.07, 6.45) is -0.500. The summed E-state index contributed by atoms with van der Waals surface area (Å²) in [4.78, 5) is 12.5. The number of rotatable bonds is 3. The summed E-state index contributed by atoms with van der Waals surface area (Å²) in [7, 11) is 0. The first-order valence-corrected chi connectivity index (χ1v) is 4.34. The van der Waals surface area contributed by atoms with Crippen LogP contribution in [0.25, 0.3) is 0 Å². The number of morpholine rings is 1. The van der Waals surface area contributed by atoms with Gasteiger partial charge in [-0.3, -0.25) is 9.69 Å². The van der Waals surface area contributed by atoms with Crippen molar-refractivity contribution in [1.82, 2.24) is 4.90 Å². The van der Waals surface area contributed by atoms with E-state index < -0.39 is 18.1 Å². The lowest BCUT2D eigenvalue weighted by molar-refractivity contribution is -0.150. The largest absolute Gasteiger partial charge is 0.480 e. The van der Waals surface area contributed by atoms with E-state index in [1.165, 1.54) is 0 Å². The second-order valence-electron chi connectivity index (χ2n) is 3.27. The van der Waals surface area contributed by atoms with Gasteiger partial charge in [-0.1, -0.05) is 0 Å². The Balaban J connectivity index is 2.51. The summed E-state index contributed by atoms with van der Waals surface area (Å²) in [5.41, 5.74) is 0. The van der Waals surface area contributed by atoms with Gasteiger partial charge in [0.05, 0.1) is 19.3 Å². The van der Waals surface area contributed by atoms with E-state index in [1.807, 2.05) is 0 Å². The predicted molar refractivity (Wildman–Crippen MR) is 45.5 cm³/mol. The van der Waals surface area contributed by atoms with Crippen LogP contribution in [0.15, 0.2) is 0 Å². The summed E-state index contributed by atoms with van der Waals surface area (Å²) in [6.45, 7) is 3.36. The summed E-state index contributed by atoms with van der Waals surface area (Å²) in [6, 6.07) is -0.608. The zero-order chi connectivity index (χ0) is 9.84. The summed E-state index contributed by atoms with van der Waals surface area (Å²) in [5, 5.41) is 17.9. The number of ether oxygens (including phenoxy) is 1. The van der Waals surface area contributed by atoms with Crippen LogP contribution in [0.5, 0.6) is 0 Å². The van der Waals surface area contributed by atoms with Crippen LogP contribution in [-0.2, 0) is 9.53 Å². The highest BCUT2D eigenvalue weighted by Crippen LogP contribution is 2.07. The van der Waals surface area contributed by atoms with Gasteiger partial charge in [0.1, 0.15) is 6.04 Å². The molecule has 2 unspecified atom stereocenters. The number of carboxylic acid groups (broad SMARTS) is 1. The average molecular weight is 189 g/mol. The number of hydrogen-bond donors (Lipinski definition) is 2. The van der Waals surface area contributed by atoms with Crippen LogP contribution in [0.4, 0.5) is 0 Å². The standard InChI is InChI=1S/C8H15NO4/c1-6(10)4-9-2-3-13-5-7(9)8(11)12/h6-7,10H,2-5H2,1H3,(H,11,12). The molecule has 1 aliphatic heterocycles. The molecule has 0 spiro atoms. The van der Waals surface area contributed by atoms with Crippen molar-refractivity contribution in [2.75, 3.05) is 26.3 Å². The molecule has 76 valence electrons. The Kier molecular flexibility index (Phi) is 3.65. The number of nitrogens with zero attached hydrogens (tertiary/aromatic N) is 1. The molecule has 5 heteroatoms. The summed E-state index contributed by atoms with van der Waals surface area (Å²) < 4.78 is 5.05. The molecule has 1 rings (SSSR count). The van der Waals surface area contributed by atoms with Gasteiger partial charge in [-0.15, -0.1) is 0 Å². The monoisotopic (exact) mass is 189 g/mol. The highest BCUT2D eigenvalue weighted by molar-refractivity contribution is 5.73. The molecule has 2 N–H and O–H groups in total. The van der Waals surface area contributed by atoms with Crippen LogP contribution in [0.2, 0.25) is 0 Å². The van der Waals surface area contributed by atoms with Gasteiger partial charge in [-0.25, -0.2) is 0 Å². The van der Waals surface area contributed by atoms with Crippen LogP contribution in [-0.4, -0.2) is 59.5 Å². The minimum Gasteiger partial charge on any atom is -0.480 e. The first-order chi connectivity index (χ1) is 6.11. The molecule has 5 nitrogen and oxygen atoms in total. The van der Waals surface area contributed by atoms with E-state index in [2.05, 4.69) is 0 Å². The first-order valence-electron chi connectivity index (χ1n) is 4.34. The number of β-amino-alcohol motifs (C(OH)–C–C–N with tert-alkyl or cyclic N) is 1. The third kappa shape index (κ3) is 2.95. The van der Waals surface area contributed by atoms with Gasteiger partial charge < -0.3 is 14.9 Å². The minimum atomic E-state index is -0.889. The van der Waals surface area contributed by atoms with Gasteiger partial charge in [0.25, 0.3) is 0 Å². The van der Waals surface area contributed by atoms with Crippen molar-refractivity contribution >= 4 is 5.97 Å². The SMILES string of the molecule is CC(O)CN1CCOCC1C(=O)O. The van der Waals surface area contributed by atoms with E-state index >= 15 is 0 Å². The summed E-state index contributed by atoms with van der Waals surface area (Å²) in [5.74, 6) is -0.889. The van der Waals surface area contributed by atoms with Crippen molar-refractivity contribution in [1.29, 1.82) is 0 Å². The quantitative estimate of drug-likeness (QED) is 0.605. The molecule has 2 atom stereocenters. The molecule has 1 saturated heterocycles. The minimum absolute atomic E-state index is 0.210. The highest BCUT2D eigenvalue weighted by Gasteiger charge is 2.29. The van der Waals surface area contributed by atoms with Crippen LogP contribution >= 0.6 is 0 Å². The second-order valence-corrected chi connectivity index (χ2v) is 3.27. The van der Waals surface area contributed by atoms with Crippen LogP contribution < -0.4 is 0 Å². The van der Waals surface area contributed by atoms with E-state index in [4.69, 9.17) is 14.9 Å². The third-order valence-corrected chi connectivity index (χ3v) is 2.02. The lowest BCUT2D eigenvalue weighted by atomic mass is 10.2. The zero-order valence-electron chi connectivity index (χ0n) is 7.64. The van der Waals surface area contributed by atoms with E-state index in [-0.39, 0.29) is 6.61 Å². The first kappa shape index (κ1) is 10.4. The molecule has 0 aliphatic carbocycles. The third-order valence-electron chi connectivity index (χ3n) is 2.02. The van der Waals surface area contributed by atoms with Crippen LogP contribution in [0.1, 0.15) is 6.92 Å². The Morgan fingerprint density at radius 3 is 3.00 bits per heavy atom. The second kappa shape index (κ2) is 4.55. The van der Waals surface area contributed by atoms with Gasteiger partial charge in [-0.05, 0) is 6.92 Å². The molecule has 0 radical (unpaired) electrons. The number of carbonyl (C=O) groups is 1. The van der Waals surface area contributed by atoms with Crippen molar-refractivity contribution in [3.05, 3.63) is 0 Å². The van der Waals surface area contributed by atoms with E-state index in [9.17, 15) is 4.79 Å². The molecule has 0 aromatic heterocycles. The molecule has 1 aliphatic rings. The Labute approximate surface area is 76.9 Å². The molecule has 0 amide bonds. The van der Waals surface area contributed by atoms with Gasteiger partial charge in [-0.2, -0.15) is 0 Å². The summed E-state index contributed by atoms with van der Waals surface area (Å²) >= 11 is 0. The number of carboxylic acids is 1. The lowest BCUT2D eigenvalue weighted by Gasteiger charge is -2.33. The topological polar surface area (TPSA) is 70.0 Å².